The molecule has 1 aliphatic heterocycles. The number of aryl methyl sites for hydroxylation is 1. The van der Waals surface area contributed by atoms with Gasteiger partial charge in [-0.15, -0.1) is 5.10 Å². The van der Waals surface area contributed by atoms with E-state index in [1.807, 2.05) is 22.6 Å². The molecule has 8 nitrogen and oxygen atoms in total. The number of ether oxygens (including phenoxy) is 1. The molecule has 2 aromatic rings. The van der Waals surface area contributed by atoms with E-state index < -0.39 is 0 Å². The number of rotatable bonds is 5. The zero-order chi connectivity index (χ0) is 15.7. The molecule has 2 atom stereocenters. The Kier molecular flexibility index (Phi) is 4.21. The highest BCUT2D eigenvalue weighted by Crippen LogP contribution is 2.31. The Hall–Kier alpha value is -1.80. The van der Waals surface area contributed by atoms with E-state index in [0.29, 0.717) is 6.54 Å². The predicted octanol–water partition coefficient (Wildman–Crippen LogP) is 0.916. The molecule has 1 saturated heterocycles. The third-order valence-corrected chi connectivity index (χ3v) is 4.24. The third-order valence-electron chi connectivity index (χ3n) is 4.24. The molecule has 8 heteroatoms. The largest absolute Gasteiger partial charge is 0.372 e. The van der Waals surface area contributed by atoms with Crippen LogP contribution >= 0.6 is 0 Å². The minimum atomic E-state index is 0.0390. The van der Waals surface area contributed by atoms with Gasteiger partial charge in [-0.3, -0.25) is 4.68 Å². The van der Waals surface area contributed by atoms with Gasteiger partial charge in [0.1, 0.15) is 6.10 Å². The van der Waals surface area contributed by atoms with E-state index in [4.69, 9.17) is 4.74 Å². The molecular formula is C14H23N7O. The molecule has 1 fully saturated rings. The van der Waals surface area contributed by atoms with Gasteiger partial charge in [-0.05, 0) is 37.6 Å². The minimum absolute atomic E-state index is 0.0390. The number of aromatic nitrogens is 6. The first-order chi connectivity index (χ1) is 10.6. The molecule has 0 saturated carbocycles. The van der Waals surface area contributed by atoms with Gasteiger partial charge in [0.15, 0.2) is 5.82 Å². The van der Waals surface area contributed by atoms with E-state index in [2.05, 4.69) is 46.7 Å². The van der Waals surface area contributed by atoms with Gasteiger partial charge in [-0.25, -0.2) is 4.68 Å². The van der Waals surface area contributed by atoms with Crippen molar-refractivity contribution in [2.45, 2.75) is 51.9 Å². The zero-order valence-electron chi connectivity index (χ0n) is 13.5. The summed E-state index contributed by atoms with van der Waals surface area (Å²) in [4.78, 5) is 0. The van der Waals surface area contributed by atoms with Crippen LogP contribution in [-0.4, -0.2) is 42.6 Å². The molecule has 120 valence electrons. The van der Waals surface area contributed by atoms with E-state index in [0.717, 1.165) is 30.1 Å². The first-order valence-corrected chi connectivity index (χ1v) is 7.68. The van der Waals surface area contributed by atoms with E-state index in [9.17, 15) is 0 Å². The number of nitrogens with one attached hydrogen (secondary N) is 1. The van der Waals surface area contributed by atoms with Gasteiger partial charge in [0, 0.05) is 31.0 Å². The molecule has 3 rings (SSSR count). The summed E-state index contributed by atoms with van der Waals surface area (Å²) in [5.74, 6) is 0.851. The van der Waals surface area contributed by atoms with Gasteiger partial charge in [0.2, 0.25) is 0 Å². The molecule has 22 heavy (non-hydrogen) atoms. The average molecular weight is 305 g/mol. The molecule has 0 radical (unpaired) electrons. The van der Waals surface area contributed by atoms with Gasteiger partial charge in [-0.1, -0.05) is 0 Å². The number of nitrogens with zero attached hydrogens (tertiary/aromatic N) is 6. The maximum Gasteiger partial charge on any atom is 0.165 e. The number of hydrogen-bond acceptors (Lipinski definition) is 6. The fraction of sp³-hybridized carbons (Fsp3) is 0.714. The van der Waals surface area contributed by atoms with Crippen LogP contribution in [0.3, 0.4) is 0 Å². The third kappa shape index (κ3) is 2.76. The van der Waals surface area contributed by atoms with Gasteiger partial charge in [0.25, 0.3) is 0 Å². The van der Waals surface area contributed by atoms with Crippen LogP contribution in [0.5, 0.6) is 0 Å². The predicted molar refractivity (Wildman–Crippen MR) is 80.1 cm³/mol. The molecule has 2 aromatic heterocycles. The molecule has 0 amide bonds. The van der Waals surface area contributed by atoms with E-state index in [1.165, 1.54) is 0 Å². The highest BCUT2D eigenvalue weighted by atomic mass is 16.5. The summed E-state index contributed by atoms with van der Waals surface area (Å²) in [5.41, 5.74) is 2.30. The second-order valence-corrected chi connectivity index (χ2v) is 6.01. The second-order valence-electron chi connectivity index (χ2n) is 6.01. The summed E-state index contributed by atoms with van der Waals surface area (Å²) in [6.07, 6.45) is 2.91. The number of hydrogen-bond donors (Lipinski definition) is 1. The molecule has 0 unspecified atom stereocenters. The molecular weight excluding hydrogens is 282 g/mol. The maximum atomic E-state index is 5.92. The van der Waals surface area contributed by atoms with Crippen LogP contribution in [0.2, 0.25) is 0 Å². The topological polar surface area (TPSA) is 82.7 Å². The van der Waals surface area contributed by atoms with Crippen LogP contribution in [0, 0.1) is 6.92 Å². The first-order valence-electron chi connectivity index (χ1n) is 7.68. The van der Waals surface area contributed by atoms with Crippen LogP contribution in [0.1, 0.15) is 49.5 Å². The van der Waals surface area contributed by atoms with Crippen LogP contribution < -0.4 is 5.32 Å². The summed E-state index contributed by atoms with van der Waals surface area (Å²) in [5, 5.41) is 19.7. The van der Waals surface area contributed by atoms with Crippen LogP contribution in [0.4, 0.5) is 0 Å². The highest BCUT2D eigenvalue weighted by molar-refractivity contribution is 5.21. The second kappa shape index (κ2) is 6.13. The Morgan fingerprint density at radius 2 is 2.27 bits per heavy atom. The Labute approximate surface area is 129 Å². The van der Waals surface area contributed by atoms with E-state index >= 15 is 0 Å². The van der Waals surface area contributed by atoms with Crippen molar-refractivity contribution in [1.82, 2.24) is 35.3 Å². The lowest BCUT2D eigenvalue weighted by Gasteiger charge is -2.20. The van der Waals surface area contributed by atoms with Crippen molar-refractivity contribution in [3.05, 3.63) is 23.3 Å². The molecule has 0 aliphatic carbocycles. The van der Waals surface area contributed by atoms with Gasteiger partial charge < -0.3 is 10.1 Å². The van der Waals surface area contributed by atoms with Gasteiger partial charge in [0.05, 0.1) is 18.8 Å². The average Bonchev–Trinajstić information content (AvgIpc) is 3.18. The lowest BCUT2D eigenvalue weighted by Crippen LogP contribution is -2.32. The van der Waals surface area contributed by atoms with Crippen molar-refractivity contribution >= 4 is 0 Å². The van der Waals surface area contributed by atoms with E-state index in [1.54, 1.807) is 0 Å². The summed E-state index contributed by atoms with van der Waals surface area (Å²) in [6.45, 7) is 7.60. The molecule has 1 N–H and O–H groups in total. The normalized spacial score (nSPS) is 21.9. The van der Waals surface area contributed by atoms with Gasteiger partial charge >= 0.3 is 0 Å². The molecule has 0 spiro atoms. The van der Waals surface area contributed by atoms with Gasteiger partial charge in [-0.2, -0.15) is 5.10 Å². The SMILES string of the molecule is Cc1c([C@H]2OCC[C@@H]2NCc2nnnn2C(C)C)cnn1C. The van der Waals surface area contributed by atoms with Crippen molar-refractivity contribution in [2.75, 3.05) is 6.61 Å². The monoisotopic (exact) mass is 305 g/mol. The smallest absolute Gasteiger partial charge is 0.165 e. The molecule has 0 bridgehead atoms. The molecule has 0 aromatic carbocycles. The Morgan fingerprint density at radius 3 is 2.95 bits per heavy atom. The van der Waals surface area contributed by atoms with Crippen molar-refractivity contribution in [1.29, 1.82) is 0 Å². The first kappa shape index (κ1) is 15.1. The number of tetrazole rings is 1. The minimum Gasteiger partial charge on any atom is -0.372 e. The van der Waals surface area contributed by atoms with Crippen molar-refractivity contribution in [2.24, 2.45) is 7.05 Å². The Bertz CT molecular complexity index is 633. The van der Waals surface area contributed by atoms with Crippen LogP contribution in [-0.2, 0) is 18.3 Å². The summed E-state index contributed by atoms with van der Waals surface area (Å²) >= 11 is 0. The van der Waals surface area contributed by atoms with Crippen LogP contribution in [0.15, 0.2) is 6.20 Å². The molecule has 1 aliphatic rings. The highest BCUT2D eigenvalue weighted by Gasteiger charge is 2.32. The standard InChI is InChI=1S/C14H23N7O/c1-9(2)21-13(17-18-19-21)8-15-12-5-6-22-14(12)11-7-16-20(4)10(11)3/h7,9,12,14-15H,5-6,8H2,1-4H3/t12-,14+/m0/s1. The Balaban J connectivity index is 1.69. The Morgan fingerprint density at radius 1 is 1.45 bits per heavy atom. The fourth-order valence-electron chi connectivity index (χ4n) is 2.85. The molecule has 3 heterocycles. The fourth-order valence-corrected chi connectivity index (χ4v) is 2.85. The maximum absolute atomic E-state index is 5.92. The summed E-state index contributed by atoms with van der Waals surface area (Å²) in [6, 6.07) is 0.503. The van der Waals surface area contributed by atoms with Crippen LogP contribution in [0.25, 0.3) is 0 Å². The summed E-state index contributed by atoms with van der Waals surface area (Å²) < 4.78 is 9.64. The van der Waals surface area contributed by atoms with Crippen molar-refractivity contribution in [3.8, 4) is 0 Å². The lowest BCUT2D eigenvalue weighted by atomic mass is 10.0. The van der Waals surface area contributed by atoms with Crippen molar-refractivity contribution in [3.63, 3.8) is 0 Å². The lowest BCUT2D eigenvalue weighted by molar-refractivity contribution is 0.0976. The van der Waals surface area contributed by atoms with Crippen molar-refractivity contribution < 1.29 is 4.74 Å². The van der Waals surface area contributed by atoms with E-state index in [-0.39, 0.29) is 18.2 Å². The quantitative estimate of drug-likeness (QED) is 0.884. The summed E-state index contributed by atoms with van der Waals surface area (Å²) in [7, 11) is 1.95. The zero-order valence-corrected chi connectivity index (χ0v) is 13.5.